The fraction of sp³-hybridized carbons (Fsp3) is 0.364. The molecule has 1 aromatic carbocycles. The van der Waals surface area contributed by atoms with E-state index in [4.69, 9.17) is 28.3 Å². The van der Waals surface area contributed by atoms with Crippen LogP contribution in [0, 0.1) is 0 Å². The van der Waals surface area contributed by atoms with Gasteiger partial charge in [0.05, 0.1) is 16.6 Å². The van der Waals surface area contributed by atoms with Crippen molar-refractivity contribution in [3.63, 3.8) is 0 Å². The summed E-state index contributed by atoms with van der Waals surface area (Å²) in [6.07, 6.45) is 0. The molecule has 16 heavy (non-hydrogen) atoms. The number of benzene rings is 1. The minimum Gasteiger partial charge on any atom is -0.480 e. The number of hydrogen-bond acceptors (Lipinski definition) is 2. The molecule has 1 aromatic rings. The molecule has 0 spiro atoms. The van der Waals surface area contributed by atoms with Gasteiger partial charge in [-0.15, -0.1) is 0 Å². The first-order valence-electron chi connectivity index (χ1n) is 4.79. The molecule has 0 aliphatic carbocycles. The van der Waals surface area contributed by atoms with Gasteiger partial charge in [-0.05, 0) is 25.6 Å². The fourth-order valence-electron chi connectivity index (χ4n) is 1.43. The molecular weight excluding hydrogens is 249 g/mol. The highest BCUT2D eigenvalue weighted by molar-refractivity contribution is 6.42. The summed E-state index contributed by atoms with van der Waals surface area (Å²) in [5.74, 6) is -0.868. The van der Waals surface area contributed by atoms with Gasteiger partial charge in [-0.3, -0.25) is 9.69 Å². The van der Waals surface area contributed by atoms with E-state index < -0.39 is 5.97 Å². The molecule has 0 bridgehead atoms. The van der Waals surface area contributed by atoms with Crippen LogP contribution in [0.25, 0.3) is 0 Å². The maximum atomic E-state index is 10.6. The van der Waals surface area contributed by atoms with Gasteiger partial charge < -0.3 is 5.11 Å². The van der Waals surface area contributed by atoms with E-state index in [1.807, 2.05) is 13.0 Å². The van der Waals surface area contributed by atoms with Crippen LogP contribution in [0.2, 0.25) is 10.0 Å². The zero-order valence-corrected chi connectivity index (χ0v) is 10.6. The Kier molecular flexibility index (Phi) is 4.59. The summed E-state index contributed by atoms with van der Waals surface area (Å²) in [5, 5.41) is 9.66. The number of nitrogens with zero attached hydrogens (tertiary/aromatic N) is 1. The van der Waals surface area contributed by atoms with Crippen LogP contribution in [-0.2, 0) is 4.79 Å². The Balaban J connectivity index is 2.91. The predicted octanol–water partition coefficient (Wildman–Crippen LogP) is 3.07. The highest BCUT2D eigenvalue weighted by Crippen LogP contribution is 2.31. The minimum absolute atomic E-state index is 0.0377. The van der Waals surface area contributed by atoms with Crippen molar-refractivity contribution in [2.24, 2.45) is 0 Å². The first kappa shape index (κ1) is 13.3. The normalized spacial score (nSPS) is 12.8. The second kappa shape index (κ2) is 5.53. The number of rotatable bonds is 4. The Morgan fingerprint density at radius 3 is 2.69 bits per heavy atom. The third-order valence-electron chi connectivity index (χ3n) is 2.48. The lowest BCUT2D eigenvalue weighted by molar-refractivity contribution is -0.138. The molecule has 1 N–H and O–H groups in total. The van der Waals surface area contributed by atoms with Crippen LogP contribution in [0.5, 0.6) is 0 Å². The van der Waals surface area contributed by atoms with Crippen LogP contribution in [0.3, 0.4) is 0 Å². The summed E-state index contributed by atoms with van der Waals surface area (Å²) >= 11 is 12.0. The van der Waals surface area contributed by atoms with Gasteiger partial charge in [-0.2, -0.15) is 0 Å². The third-order valence-corrected chi connectivity index (χ3v) is 3.31. The maximum Gasteiger partial charge on any atom is 0.317 e. The van der Waals surface area contributed by atoms with Gasteiger partial charge in [0.2, 0.25) is 0 Å². The van der Waals surface area contributed by atoms with E-state index in [1.54, 1.807) is 24.1 Å². The van der Waals surface area contributed by atoms with Gasteiger partial charge in [0.1, 0.15) is 0 Å². The summed E-state index contributed by atoms with van der Waals surface area (Å²) in [6, 6.07) is 5.26. The standard InChI is InChI=1S/C11H13Cl2NO2/c1-7(14(2)6-10(15)16)8-4-3-5-9(12)11(8)13/h3-5,7H,6H2,1-2H3,(H,15,16). The fourth-order valence-corrected chi connectivity index (χ4v) is 1.90. The lowest BCUT2D eigenvalue weighted by Gasteiger charge is -2.24. The van der Waals surface area contributed by atoms with Crippen molar-refractivity contribution in [1.82, 2.24) is 4.90 Å². The molecule has 0 fully saturated rings. The molecule has 0 aliphatic heterocycles. The highest BCUT2D eigenvalue weighted by Gasteiger charge is 2.17. The van der Waals surface area contributed by atoms with E-state index in [1.165, 1.54) is 0 Å². The average Bonchev–Trinajstić information content (AvgIpc) is 2.20. The SMILES string of the molecule is CC(c1cccc(Cl)c1Cl)N(C)CC(=O)O. The van der Waals surface area contributed by atoms with Gasteiger partial charge in [-0.1, -0.05) is 35.3 Å². The number of hydrogen-bond donors (Lipinski definition) is 1. The molecule has 1 unspecified atom stereocenters. The molecule has 0 aliphatic rings. The van der Waals surface area contributed by atoms with E-state index in [9.17, 15) is 4.79 Å². The Morgan fingerprint density at radius 2 is 2.12 bits per heavy atom. The van der Waals surface area contributed by atoms with E-state index in [0.29, 0.717) is 10.0 Å². The first-order valence-corrected chi connectivity index (χ1v) is 5.55. The van der Waals surface area contributed by atoms with E-state index in [2.05, 4.69) is 0 Å². The third kappa shape index (κ3) is 3.11. The van der Waals surface area contributed by atoms with Crippen molar-refractivity contribution in [3.8, 4) is 0 Å². The molecule has 0 heterocycles. The summed E-state index contributed by atoms with van der Waals surface area (Å²) < 4.78 is 0. The molecule has 0 saturated heterocycles. The van der Waals surface area contributed by atoms with Crippen LogP contribution >= 0.6 is 23.2 Å². The number of carboxylic acid groups (broad SMARTS) is 1. The summed E-state index contributed by atoms with van der Waals surface area (Å²) in [5.41, 5.74) is 0.831. The van der Waals surface area contributed by atoms with Crippen LogP contribution < -0.4 is 0 Å². The number of carboxylic acids is 1. The lowest BCUT2D eigenvalue weighted by atomic mass is 10.1. The Hall–Kier alpha value is -0.770. The van der Waals surface area contributed by atoms with Crippen molar-refractivity contribution in [2.45, 2.75) is 13.0 Å². The maximum absolute atomic E-state index is 10.6. The molecule has 0 aromatic heterocycles. The summed E-state index contributed by atoms with van der Waals surface area (Å²) in [6.45, 7) is 1.85. The van der Waals surface area contributed by atoms with Crippen LogP contribution in [0.4, 0.5) is 0 Å². The molecule has 1 rings (SSSR count). The van der Waals surface area contributed by atoms with Crippen LogP contribution in [0.1, 0.15) is 18.5 Å². The molecule has 1 atom stereocenters. The first-order chi connectivity index (χ1) is 7.43. The van der Waals surface area contributed by atoms with E-state index >= 15 is 0 Å². The van der Waals surface area contributed by atoms with E-state index in [0.717, 1.165) is 5.56 Å². The quantitative estimate of drug-likeness (QED) is 0.906. The zero-order chi connectivity index (χ0) is 12.3. The minimum atomic E-state index is -0.868. The number of aliphatic carboxylic acids is 1. The Bertz CT molecular complexity index is 396. The van der Waals surface area contributed by atoms with Crippen molar-refractivity contribution >= 4 is 29.2 Å². The zero-order valence-electron chi connectivity index (χ0n) is 9.08. The van der Waals surface area contributed by atoms with Gasteiger partial charge in [0, 0.05) is 6.04 Å². The molecule has 0 radical (unpaired) electrons. The Morgan fingerprint density at radius 1 is 1.50 bits per heavy atom. The number of halogens is 2. The molecule has 88 valence electrons. The molecular formula is C11H13Cl2NO2. The van der Waals surface area contributed by atoms with Gasteiger partial charge in [-0.25, -0.2) is 0 Å². The van der Waals surface area contributed by atoms with Gasteiger partial charge in [0.15, 0.2) is 0 Å². The second-order valence-electron chi connectivity index (χ2n) is 3.63. The predicted molar refractivity (Wildman–Crippen MR) is 65.1 cm³/mol. The second-order valence-corrected chi connectivity index (χ2v) is 4.41. The molecule has 0 saturated carbocycles. The van der Waals surface area contributed by atoms with Crippen molar-refractivity contribution in [1.29, 1.82) is 0 Å². The lowest BCUT2D eigenvalue weighted by Crippen LogP contribution is -2.28. The summed E-state index contributed by atoms with van der Waals surface area (Å²) in [7, 11) is 1.73. The average molecular weight is 262 g/mol. The van der Waals surface area contributed by atoms with Crippen LogP contribution in [-0.4, -0.2) is 29.6 Å². The van der Waals surface area contributed by atoms with Crippen molar-refractivity contribution in [3.05, 3.63) is 33.8 Å². The largest absolute Gasteiger partial charge is 0.480 e. The monoisotopic (exact) mass is 261 g/mol. The highest BCUT2D eigenvalue weighted by atomic mass is 35.5. The molecule has 3 nitrogen and oxygen atoms in total. The topological polar surface area (TPSA) is 40.5 Å². The van der Waals surface area contributed by atoms with Gasteiger partial charge >= 0.3 is 5.97 Å². The summed E-state index contributed by atoms with van der Waals surface area (Å²) in [4.78, 5) is 12.3. The van der Waals surface area contributed by atoms with Crippen LogP contribution in [0.15, 0.2) is 18.2 Å². The smallest absolute Gasteiger partial charge is 0.317 e. The molecule has 0 amide bonds. The number of carbonyl (C=O) groups is 1. The van der Waals surface area contributed by atoms with E-state index in [-0.39, 0.29) is 12.6 Å². The van der Waals surface area contributed by atoms with Gasteiger partial charge in [0.25, 0.3) is 0 Å². The molecule has 5 heteroatoms. The number of likely N-dealkylation sites (N-methyl/N-ethyl adjacent to an activating group) is 1. The Labute approximate surface area is 105 Å². The van der Waals surface area contributed by atoms with Crippen molar-refractivity contribution in [2.75, 3.05) is 13.6 Å². The van der Waals surface area contributed by atoms with Crippen molar-refractivity contribution < 1.29 is 9.90 Å².